The molecule has 0 unspecified atom stereocenters. The van der Waals surface area contributed by atoms with Crippen LogP contribution in [0.25, 0.3) is 28.2 Å². The van der Waals surface area contributed by atoms with E-state index in [1.54, 1.807) is 36.4 Å². The molecule has 0 bridgehead atoms. The maximum absolute atomic E-state index is 12.8. The van der Waals surface area contributed by atoms with Gasteiger partial charge in [-0.2, -0.15) is 0 Å². The number of para-hydroxylation sites is 1. The lowest BCUT2D eigenvalue weighted by atomic mass is 10.1. The van der Waals surface area contributed by atoms with Gasteiger partial charge in [0.15, 0.2) is 17.2 Å². The number of H-pyrrole nitrogens is 1. The monoisotopic (exact) mass is 405 g/mol. The summed E-state index contributed by atoms with van der Waals surface area (Å²) in [5, 5.41) is 0. The van der Waals surface area contributed by atoms with Crippen LogP contribution in [0, 0.1) is 0 Å². The van der Waals surface area contributed by atoms with Gasteiger partial charge in [-0.25, -0.2) is 19.3 Å². The first kappa shape index (κ1) is 19.2. The van der Waals surface area contributed by atoms with Gasteiger partial charge in [0.05, 0.1) is 25.0 Å². The van der Waals surface area contributed by atoms with Gasteiger partial charge in [-0.3, -0.25) is 4.79 Å². The number of ether oxygens (including phenoxy) is 2. The summed E-state index contributed by atoms with van der Waals surface area (Å²) >= 11 is 0. The zero-order valence-corrected chi connectivity index (χ0v) is 16.4. The number of benzene rings is 2. The van der Waals surface area contributed by atoms with Gasteiger partial charge in [0, 0.05) is 6.07 Å². The average molecular weight is 405 g/mol. The van der Waals surface area contributed by atoms with Crippen LogP contribution in [0.2, 0.25) is 0 Å². The first-order chi connectivity index (χ1) is 14.5. The highest BCUT2D eigenvalue weighted by Crippen LogP contribution is 2.29. The van der Waals surface area contributed by atoms with Crippen molar-refractivity contribution in [2.24, 2.45) is 5.73 Å². The van der Waals surface area contributed by atoms with Crippen LogP contribution >= 0.6 is 0 Å². The highest BCUT2D eigenvalue weighted by molar-refractivity contribution is 6.02. The molecule has 0 aliphatic rings. The molecular weight excluding hydrogens is 386 g/mol. The highest BCUT2D eigenvalue weighted by Gasteiger charge is 2.21. The van der Waals surface area contributed by atoms with E-state index in [2.05, 4.69) is 15.0 Å². The van der Waals surface area contributed by atoms with Crippen LogP contribution < -0.4 is 20.9 Å². The first-order valence-corrected chi connectivity index (χ1v) is 9.22. The second-order valence-electron chi connectivity index (χ2n) is 6.35. The Kier molecular flexibility index (Phi) is 4.93. The minimum Gasteiger partial charge on any atom is -0.497 e. The third-order valence-electron chi connectivity index (χ3n) is 4.51. The first-order valence-electron chi connectivity index (χ1n) is 9.22. The van der Waals surface area contributed by atoms with Crippen molar-refractivity contribution in [2.75, 3.05) is 13.7 Å². The van der Waals surface area contributed by atoms with Gasteiger partial charge in [0.1, 0.15) is 17.0 Å². The summed E-state index contributed by atoms with van der Waals surface area (Å²) in [5.41, 5.74) is 6.47. The van der Waals surface area contributed by atoms with E-state index in [1.807, 2.05) is 19.1 Å². The maximum Gasteiger partial charge on any atom is 0.332 e. The van der Waals surface area contributed by atoms with Gasteiger partial charge >= 0.3 is 5.69 Å². The van der Waals surface area contributed by atoms with Crippen molar-refractivity contribution in [1.29, 1.82) is 0 Å². The molecule has 0 aliphatic heterocycles. The van der Waals surface area contributed by atoms with Gasteiger partial charge in [0.2, 0.25) is 0 Å². The quantitative estimate of drug-likeness (QED) is 0.507. The zero-order chi connectivity index (χ0) is 21.3. The summed E-state index contributed by atoms with van der Waals surface area (Å²) in [6.07, 6.45) is 0. The van der Waals surface area contributed by atoms with Gasteiger partial charge in [-0.15, -0.1) is 0 Å². The number of aromatic amines is 1. The lowest BCUT2D eigenvalue weighted by molar-refractivity contribution is 0.0997. The number of nitrogens with two attached hydrogens (primary N) is 1. The number of carbonyl (C=O) groups is 1. The van der Waals surface area contributed by atoms with Crippen molar-refractivity contribution in [1.82, 2.24) is 19.5 Å². The third-order valence-corrected chi connectivity index (χ3v) is 4.51. The Morgan fingerprint density at radius 2 is 1.97 bits per heavy atom. The number of primary amides is 1. The van der Waals surface area contributed by atoms with Crippen LogP contribution in [-0.2, 0) is 0 Å². The molecule has 30 heavy (non-hydrogen) atoms. The Morgan fingerprint density at radius 3 is 2.70 bits per heavy atom. The van der Waals surface area contributed by atoms with Crippen molar-refractivity contribution in [3.63, 3.8) is 0 Å². The van der Waals surface area contributed by atoms with Crippen molar-refractivity contribution in [3.05, 3.63) is 64.7 Å². The molecule has 0 atom stereocenters. The molecule has 9 heteroatoms. The Bertz CT molecular complexity index is 1310. The van der Waals surface area contributed by atoms with E-state index in [1.165, 1.54) is 11.7 Å². The molecule has 0 aliphatic carbocycles. The molecule has 152 valence electrons. The zero-order valence-electron chi connectivity index (χ0n) is 16.4. The maximum atomic E-state index is 12.8. The van der Waals surface area contributed by atoms with E-state index in [0.29, 0.717) is 29.4 Å². The molecule has 1 amide bonds. The molecule has 0 radical (unpaired) electrons. The number of imidazole rings is 1. The van der Waals surface area contributed by atoms with E-state index in [0.717, 1.165) is 0 Å². The van der Waals surface area contributed by atoms with E-state index in [4.69, 9.17) is 15.2 Å². The number of methoxy groups -OCH3 is 1. The summed E-state index contributed by atoms with van der Waals surface area (Å²) < 4.78 is 12.3. The van der Waals surface area contributed by atoms with Gasteiger partial charge in [-0.1, -0.05) is 18.2 Å². The number of nitrogens with one attached hydrogen (secondary N) is 1. The van der Waals surface area contributed by atoms with E-state index in [-0.39, 0.29) is 22.7 Å². The molecule has 2 heterocycles. The number of hydrogen-bond donors (Lipinski definition) is 2. The number of amides is 1. The van der Waals surface area contributed by atoms with Crippen molar-refractivity contribution >= 4 is 17.1 Å². The van der Waals surface area contributed by atoms with Crippen LogP contribution in [0.1, 0.15) is 17.4 Å². The van der Waals surface area contributed by atoms with Gasteiger partial charge in [0.25, 0.3) is 5.91 Å². The smallest absolute Gasteiger partial charge is 0.332 e. The second kappa shape index (κ2) is 7.70. The fourth-order valence-electron chi connectivity index (χ4n) is 3.21. The van der Waals surface area contributed by atoms with E-state index >= 15 is 0 Å². The number of carbonyl (C=O) groups excluding carboxylic acids is 1. The fourth-order valence-corrected chi connectivity index (χ4v) is 3.21. The minimum absolute atomic E-state index is 0.0833. The molecule has 2 aromatic heterocycles. The van der Waals surface area contributed by atoms with E-state index in [9.17, 15) is 9.59 Å². The van der Waals surface area contributed by atoms with Crippen molar-refractivity contribution < 1.29 is 14.3 Å². The number of hydrogen-bond acceptors (Lipinski definition) is 6. The molecular formula is C21H19N5O4. The average Bonchev–Trinajstić information content (AvgIpc) is 3.09. The molecule has 4 aromatic rings. The normalized spacial score (nSPS) is 10.9. The highest BCUT2D eigenvalue weighted by atomic mass is 16.5. The molecule has 0 spiro atoms. The van der Waals surface area contributed by atoms with Gasteiger partial charge in [-0.05, 0) is 31.2 Å². The van der Waals surface area contributed by atoms with Crippen molar-refractivity contribution in [3.8, 4) is 28.6 Å². The molecule has 0 fully saturated rings. The molecule has 2 aromatic carbocycles. The molecule has 9 nitrogen and oxygen atoms in total. The van der Waals surface area contributed by atoms with E-state index < -0.39 is 11.6 Å². The topological polar surface area (TPSA) is 125 Å². The SMILES string of the molecule is CCOc1ccccc1-c1nc(C(N)=O)c2[nH]c(=O)n(-c3cccc(OC)c3)c2n1. The molecule has 3 N–H and O–H groups in total. The number of nitrogens with zero attached hydrogens (tertiary/aromatic N) is 3. The largest absolute Gasteiger partial charge is 0.497 e. The third kappa shape index (κ3) is 3.26. The van der Waals surface area contributed by atoms with Gasteiger partial charge < -0.3 is 20.2 Å². The number of rotatable bonds is 6. The standard InChI is InChI=1S/C21H19N5O4/c1-3-30-15-10-5-4-9-14(15)19-23-16(18(22)27)17-20(25-19)26(21(28)24-17)12-7-6-8-13(11-12)29-2/h4-11H,3H2,1-2H3,(H2,22,27)(H,24,28). The Balaban J connectivity index is 2.04. The minimum atomic E-state index is -0.781. The van der Waals surface area contributed by atoms with Crippen LogP contribution in [0.15, 0.2) is 53.3 Å². The summed E-state index contributed by atoms with van der Waals surface area (Å²) in [5.74, 6) is 0.563. The Labute approximate surface area is 171 Å². The van der Waals surface area contributed by atoms with Crippen LogP contribution in [0.3, 0.4) is 0 Å². The van der Waals surface area contributed by atoms with Crippen LogP contribution in [0.4, 0.5) is 0 Å². The second-order valence-corrected chi connectivity index (χ2v) is 6.35. The molecule has 4 rings (SSSR count). The molecule has 0 saturated carbocycles. The predicted octanol–water partition coefficient (Wildman–Crippen LogP) is 2.28. The lowest BCUT2D eigenvalue weighted by Crippen LogP contribution is -2.15. The summed E-state index contributed by atoms with van der Waals surface area (Å²) in [6, 6.07) is 14.1. The Morgan fingerprint density at radius 1 is 1.17 bits per heavy atom. The fraction of sp³-hybridized carbons (Fsp3) is 0.143. The number of aromatic nitrogens is 4. The predicted molar refractivity (Wildman–Crippen MR) is 111 cm³/mol. The Hall–Kier alpha value is -4.14. The molecule has 0 saturated heterocycles. The van der Waals surface area contributed by atoms with Crippen LogP contribution in [0.5, 0.6) is 11.5 Å². The van der Waals surface area contributed by atoms with Crippen molar-refractivity contribution in [2.45, 2.75) is 6.92 Å². The summed E-state index contributed by atoms with van der Waals surface area (Å²) in [4.78, 5) is 36.4. The number of fused-ring (bicyclic) bond motifs is 1. The van der Waals surface area contributed by atoms with Crippen LogP contribution in [-0.4, -0.2) is 39.1 Å². The lowest BCUT2D eigenvalue weighted by Gasteiger charge is -2.11. The summed E-state index contributed by atoms with van der Waals surface area (Å²) in [6.45, 7) is 2.31. The summed E-state index contributed by atoms with van der Waals surface area (Å²) in [7, 11) is 1.53.